The van der Waals surface area contributed by atoms with Crippen molar-refractivity contribution in [2.75, 3.05) is 19.7 Å². The molecule has 0 bridgehead atoms. The summed E-state index contributed by atoms with van der Waals surface area (Å²) in [5.41, 5.74) is 0.390. The Balaban J connectivity index is 1.94. The van der Waals surface area contributed by atoms with E-state index in [-0.39, 0.29) is 11.0 Å². The van der Waals surface area contributed by atoms with Crippen molar-refractivity contribution < 1.29 is 19.6 Å². The molecule has 5 nitrogen and oxygen atoms in total. The molecule has 0 saturated carbocycles. The van der Waals surface area contributed by atoms with Crippen LogP contribution >= 0.6 is 0 Å². The minimum absolute atomic E-state index is 0.178. The summed E-state index contributed by atoms with van der Waals surface area (Å²) in [5.74, 6) is 1.02. The number of nitrogens with one attached hydrogen (secondary N) is 1. The van der Waals surface area contributed by atoms with Gasteiger partial charge in [0.05, 0.1) is 12.2 Å². The van der Waals surface area contributed by atoms with Gasteiger partial charge >= 0.3 is 7.12 Å². The van der Waals surface area contributed by atoms with Gasteiger partial charge in [-0.3, -0.25) is 4.79 Å². The molecule has 1 fully saturated rings. The van der Waals surface area contributed by atoms with Crippen LogP contribution < -0.4 is 15.5 Å². The van der Waals surface area contributed by atoms with Gasteiger partial charge in [-0.15, -0.1) is 0 Å². The predicted octanol–water partition coefficient (Wildman–Crippen LogP) is -0.0526. The van der Waals surface area contributed by atoms with Gasteiger partial charge in [0.25, 0.3) is 0 Å². The van der Waals surface area contributed by atoms with Crippen LogP contribution in [-0.4, -0.2) is 43.1 Å². The third-order valence-electron chi connectivity index (χ3n) is 3.68. The lowest BCUT2D eigenvalue weighted by molar-refractivity contribution is 0.111. The highest BCUT2D eigenvalue weighted by Gasteiger charge is 2.19. The highest BCUT2D eigenvalue weighted by molar-refractivity contribution is 6.60. The number of rotatable bonds is 6. The Labute approximate surface area is 119 Å². The summed E-state index contributed by atoms with van der Waals surface area (Å²) in [7, 11) is -1.67. The Morgan fingerprint density at radius 2 is 2.30 bits per heavy atom. The van der Waals surface area contributed by atoms with Crippen molar-refractivity contribution in [1.82, 2.24) is 5.32 Å². The number of hydrogen-bond donors (Lipinski definition) is 3. The Hall–Kier alpha value is -1.37. The average molecular weight is 277 g/mol. The van der Waals surface area contributed by atoms with E-state index in [0.29, 0.717) is 24.6 Å². The van der Waals surface area contributed by atoms with E-state index in [9.17, 15) is 14.8 Å². The van der Waals surface area contributed by atoms with Crippen LogP contribution in [0.3, 0.4) is 0 Å². The van der Waals surface area contributed by atoms with Crippen molar-refractivity contribution in [2.45, 2.75) is 19.3 Å². The summed E-state index contributed by atoms with van der Waals surface area (Å²) in [6, 6.07) is 4.83. The first-order chi connectivity index (χ1) is 9.72. The fourth-order valence-electron chi connectivity index (χ4n) is 2.54. The zero-order chi connectivity index (χ0) is 14.4. The van der Waals surface area contributed by atoms with Gasteiger partial charge in [0.15, 0.2) is 6.29 Å². The van der Waals surface area contributed by atoms with E-state index in [4.69, 9.17) is 4.74 Å². The molecule has 1 atom stereocenters. The van der Waals surface area contributed by atoms with Crippen LogP contribution in [0.15, 0.2) is 18.2 Å². The number of benzene rings is 1. The van der Waals surface area contributed by atoms with E-state index in [0.717, 1.165) is 19.5 Å². The minimum atomic E-state index is -1.67. The maximum Gasteiger partial charge on any atom is 0.489 e. The summed E-state index contributed by atoms with van der Waals surface area (Å²) < 4.78 is 5.64. The molecule has 1 saturated heterocycles. The van der Waals surface area contributed by atoms with Gasteiger partial charge in [-0.05, 0) is 49.8 Å². The number of hydrogen-bond acceptors (Lipinski definition) is 5. The smallest absolute Gasteiger partial charge is 0.489 e. The van der Waals surface area contributed by atoms with Gasteiger partial charge in [0.2, 0.25) is 0 Å². The molecule has 20 heavy (non-hydrogen) atoms. The van der Waals surface area contributed by atoms with Crippen LogP contribution in [0.5, 0.6) is 5.75 Å². The van der Waals surface area contributed by atoms with Crippen molar-refractivity contribution in [3.05, 3.63) is 23.8 Å². The molecule has 0 aliphatic carbocycles. The highest BCUT2D eigenvalue weighted by atomic mass is 16.5. The third-order valence-corrected chi connectivity index (χ3v) is 3.68. The lowest BCUT2D eigenvalue weighted by Gasteiger charge is -2.22. The number of aldehydes is 1. The SMILES string of the molecule is O=Cc1c(OCCC2CCCNC2)cccc1B(O)O. The number of piperidine rings is 1. The molecule has 3 N–H and O–H groups in total. The standard InChI is InChI=1S/C14H20BNO4/c17-10-12-13(15(18)19)4-1-5-14(12)20-8-6-11-3-2-7-16-9-11/h1,4-5,10-11,16,18-19H,2-3,6-9H2. The van der Waals surface area contributed by atoms with Crippen molar-refractivity contribution in [2.24, 2.45) is 5.92 Å². The second kappa shape index (κ2) is 7.43. The Kier molecular flexibility index (Phi) is 5.58. The molecule has 2 rings (SSSR count). The summed E-state index contributed by atoms with van der Waals surface area (Å²) >= 11 is 0. The van der Waals surface area contributed by atoms with Gasteiger partial charge in [-0.1, -0.05) is 12.1 Å². The molecule has 1 aromatic rings. The molecule has 0 aromatic heterocycles. The summed E-state index contributed by atoms with van der Waals surface area (Å²) in [6.45, 7) is 2.63. The van der Waals surface area contributed by atoms with Crippen LogP contribution in [0.25, 0.3) is 0 Å². The maximum atomic E-state index is 11.1. The Morgan fingerprint density at radius 1 is 1.45 bits per heavy atom. The first kappa shape index (κ1) is 15.0. The van der Waals surface area contributed by atoms with Crippen molar-refractivity contribution >= 4 is 18.9 Å². The maximum absolute atomic E-state index is 11.1. The largest absolute Gasteiger partial charge is 0.493 e. The van der Waals surface area contributed by atoms with Crippen LogP contribution in [0.4, 0.5) is 0 Å². The van der Waals surface area contributed by atoms with E-state index in [2.05, 4.69) is 5.32 Å². The summed E-state index contributed by atoms with van der Waals surface area (Å²) in [5, 5.41) is 21.8. The first-order valence-corrected chi connectivity index (χ1v) is 7.00. The molecular weight excluding hydrogens is 257 g/mol. The Morgan fingerprint density at radius 3 is 2.95 bits per heavy atom. The zero-order valence-electron chi connectivity index (χ0n) is 11.4. The topological polar surface area (TPSA) is 78.8 Å². The van der Waals surface area contributed by atoms with Gasteiger partial charge in [-0.25, -0.2) is 0 Å². The molecule has 0 spiro atoms. The zero-order valence-corrected chi connectivity index (χ0v) is 11.4. The number of carbonyl (C=O) groups excluding carboxylic acids is 1. The van der Waals surface area contributed by atoms with E-state index in [1.165, 1.54) is 18.9 Å². The first-order valence-electron chi connectivity index (χ1n) is 7.00. The predicted molar refractivity (Wildman–Crippen MR) is 77.4 cm³/mol. The van der Waals surface area contributed by atoms with E-state index >= 15 is 0 Å². The number of ether oxygens (including phenoxy) is 1. The minimum Gasteiger partial charge on any atom is -0.493 e. The van der Waals surface area contributed by atoms with Crippen LogP contribution in [0, 0.1) is 5.92 Å². The average Bonchev–Trinajstić information content (AvgIpc) is 2.48. The lowest BCUT2D eigenvalue weighted by Crippen LogP contribution is -2.33. The van der Waals surface area contributed by atoms with E-state index in [1.807, 2.05) is 0 Å². The fourth-order valence-corrected chi connectivity index (χ4v) is 2.54. The van der Waals surface area contributed by atoms with Crippen molar-refractivity contribution in [3.63, 3.8) is 0 Å². The molecule has 1 unspecified atom stereocenters. The lowest BCUT2D eigenvalue weighted by atomic mass is 9.77. The van der Waals surface area contributed by atoms with E-state index in [1.54, 1.807) is 12.1 Å². The second-order valence-corrected chi connectivity index (χ2v) is 5.10. The van der Waals surface area contributed by atoms with Gasteiger partial charge in [-0.2, -0.15) is 0 Å². The quantitative estimate of drug-likeness (QED) is 0.502. The molecule has 1 aliphatic heterocycles. The van der Waals surface area contributed by atoms with Crippen LogP contribution in [0.1, 0.15) is 29.6 Å². The molecule has 6 heteroatoms. The molecule has 1 aliphatic rings. The fraction of sp³-hybridized carbons (Fsp3) is 0.500. The van der Waals surface area contributed by atoms with Gasteiger partial charge in [0.1, 0.15) is 5.75 Å². The van der Waals surface area contributed by atoms with Crippen LogP contribution in [0.2, 0.25) is 0 Å². The molecule has 1 heterocycles. The van der Waals surface area contributed by atoms with E-state index < -0.39 is 7.12 Å². The monoisotopic (exact) mass is 277 g/mol. The highest BCUT2D eigenvalue weighted by Crippen LogP contribution is 2.18. The molecule has 108 valence electrons. The second-order valence-electron chi connectivity index (χ2n) is 5.10. The van der Waals surface area contributed by atoms with Crippen molar-refractivity contribution in [1.29, 1.82) is 0 Å². The molecule has 0 amide bonds. The number of carbonyl (C=O) groups is 1. The molecular formula is C14H20BNO4. The summed E-state index contributed by atoms with van der Waals surface area (Å²) in [4.78, 5) is 11.1. The van der Waals surface area contributed by atoms with Gasteiger partial charge in [0, 0.05) is 0 Å². The Bertz CT molecular complexity index is 447. The molecule has 0 radical (unpaired) electrons. The third kappa shape index (κ3) is 3.82. The van der Waals surface area contributed by atoms with Crippen LogP contribution in [-0.2, 0) is 0 Å². The summed E-state index contributed by atoms with van der Waals surface area (Å²) in [6.07, 6.45) is 3.92. The van der Waals surface area contributed by atoms with Gasteiger partial charge < -0.3 is 20.1 Å². The normalized spacial score (nSPS) is 18.6. The van der Waals surface area contributed by atoms with Crippen molar-refractivity contribution in [3.8, 4) is 5.75 Å². The molecule has 1 aromatic carbocycles.